The molecule has 0 bridgehead atoms. The first-order valence-electron chi connectivity index (χ1n) is 17.1. The molecule has 13 nitrogen and oxygen atoms in total. The SMILES string of the molecule is CC(C)(c1ccc(Oc2ccc(-n3nccn3)nc2)cc1)c1ccc(O[C@@H]2CC[C@H]2Nc2ccc3c(c2)C(=O)N(C2CCC(=O)NC2=O)C3=O)cc1. The lowest BCUT2D eigenvalue weighted by atomic mass is 9.78. The fourth-order valence-corrected chi connectivity index (χ4v) is 6.80. The minimum atomic E-state index is -0.997. The van der Waals surface area contributed by atoms with Gasteiger partial charge in [-0.3, -0.25) is 29.4 Å². The van der Waals surface area contributed by atoms with Crippen LogP contribution in [-0.2, 0) is 15.0 Å². The molecule has 2 fully saturated rings. The molecule has 52 heavy (non-hydrogen) atoms. The minimum absolute atomic E-state index is 0.00969. The van der Waals surface area contributed by atoms with Gasteiger partial charge in [0, 0.05) is 17.5 Å². The highest BCUT2D eigenvalue weighted by Gasteiger charge is 2.45. The van der Waals surface area contributed by atoms with Crippen LogP contribution in [0.25, 0.3) is 5.82 Å². The number of carbonyl (C=O) groups excluding carboxylic acids is 4. The first kappa shape index (κ1) is 32.8. The van der Waals surface area contributed by atoms with Gasteiger partial charge in [0.05, 0.1) is 35.8 Å². The Morgan fingerprint density at radius 1 is 0.769 bits per heavy atom. The standard InChI is InChI=1S/C39H35N7O6/c1-39(2,23-3-8-26(9-4-23)51-28-12-17-34(40-22-28)46-41-19-20-42-46)24-5-10-27(11-6-24)52-33-16-14-31(33)43-25-7-13-29-30(21-25)38(50)45(37(29)49)32-15-18-35(47)44-36(32)48/h3-13,17,19-22,31-33,43H,14-16,18H2,1-2H3,(H,44,47,48)/t31-,32?,33-/m1/s1. The van der Waals surface area contributed by atoms with Crippen molar-refractivity contribution in [1.29, 1.82) is 0 Å². The number of nitrogens with zero attached hydrogens (tertiary/aromatic N) is 5. The molecule has 1 saturated carbocycles. The lowest BCUT2D eigenvalue weighted by molar-refractivity contribution is -0.136. The van der Waals surface area contributed by atoms with E-state index >= 15 is 0 Å². The van der Waals surface area contributed by atoms with Gasteiger partial charge in [-0.15, -0.1) is 4.80 Å². The van der Waals surface area contributed by atoms with Gasteiger partial charge in [-0.2, -0.15) is 10.2 Å². The Morgan fingerprint density at radius 2 is 1.44 bits per heavy atom. The number of nitrogens with one attached hydrogen (secondary N) is 2. The molecule has 0 spiro atoms. The van der Waals surface area contributed by atoms with E-state index < -0.39 is 29.7 Å². The molecule has 1 unspecified atom stereocenters. The average molecular weight is 698 g/mol. The molecule has 4 heterocycles. The second-order valence-electron chi connectivity index (χ2n) is 13.6. The van der Waals surface area contributed by atoms with E-state index in [4.69, 9.17) is 9.47 Å². The van der Waals surface area contributed by atoms with E-state index in [-0.39, 0.29) is 41.5 Å². The number of fused-ring (bicyclic) bond motifs is 1. The molecule has 4 amide bonds. The molecule has 2 N–H and O–H groups in total. The van der Waals surface area contributed by atoms with E-state index in [1.807, 2.05) is 30.3 Å². The third kappa shape index (κ3) is 6.14. The molecular weight excluding hydrogens is 662 g/mol. The molecule has 1 saturated heterocycles. The van der Waals surface area contributed by atoms with E-state index in [0.29, 0.717) is 23.0 Å². The summed E-state index contributed by atoms with van der Waals surface area (Å²) in [7, 11) is 0. The summed E-state index contributed by atoms with van der Waals surface area (Å²) < 4.78 is 12.4. The van der Waals surface area contributed by atoms with Crippen molar-refractivity contribution in [3.63, 3.8) is 0 Å². The number of ether oxygens (including phenoxy) is 2. The van der Waals surface area contributed by atoms with Gasteiger partial charge < -0.3 is 14.8 Å². The quantitative estimate of drug-likeness (QED) is 0.186. The van der Waals surface area contributed by atoms with Crippen LogP contribution >= 0.6 is 0 Å². The van der Waals surface area contributed by atoms with Crippen molar-refractivity contribution in [1.82, 2.24) is 30.2 Å². The van der Waals surface area contributed by atoms with Crippen LogP contribution in [0, 0.1) is 0 Å². The number of rotatable bonds is 10. The zero-order valence-corrected chi connectivity index (χ0v) is 28.5. The molecule has 1 aliphatic carbocycles. The van der Waals surface area contributed by atoms with Crippen LogP contribution in [0.2, 0.25) is 0 Å². The summed E-state index contributed by atoms with van der Waals surface area (Å²) in [6.45, 7) is 4.35. The van der Waals surface area contributed by atoms with Crippen molar-refractivity contribution in [2.45, 2.75) is 63.1 Å². The smallest absolute Gasteiger partial charge is 0.262 e. The maximum absolute atomic E-state index is 13.2. The third-order valence-electron chi connectivity index (χ3n) is 10.0. The van der Waals surface area contributed by atoms with Crippen LogP contribution in [0.5, 0.6) is 17.2 Å². The number of anilines is 1. The number of pyridine rings is 1. The minimum Gasteiger partial charge on any atom is -0.488 e. The van der Waals surface area contributed by atoms with E-state index in [0.717, 1.165) is 34.6 Å². The second kappa shape index (κ2) is 13.1. The van der Waals surface area contributed by atoms with Crippen molar-refractivity contribution in [3.05, 3.63) is 120 Å². The summed E-state index contributed by atoms with van der Waals surface area (Å²) in [6.07, 6.45) is 6.70. The molecule has 3 aromatic carbocycles. The van der Waals surface area contributed by atoms with Crippen LogP contribution in [-0.4, -0.2) is 66.7 Å². The van der Waals surface area contributed by atoms with Gasteiger partial charge in [0.2, 0.25) is 11.8 Å². The lowest BCUT2D eigenvalue weighted by Gasteiger charge is -2.38. The number of carbonyl (C=O) groups is 4. The van der Waals surface area contributed by atoms with Crippen molar-refractivity contribution in [2.24, 2.45) is 0 Å². The van der Waals surface area contributed by atoms with Crippen LogP contribution in [0.4, 0.5) is 5.69 Å². The van der Waals surface area contributed by atoms with Crippen LogP contribution in [0.3, 0.4) is 0 Å². The first-order valence-corrected chi connectivity index (χ1v) is 17.1. The predicted molar refractivity (Wildman–Crippen MR) is 188 cm³/mol. The number of aromatic nitrogens is 4. The molecular formula is C39H35N7O6. The Hall–Kier alpha value is -6.37. The Balaban J connectivity index is 0.872. The number of hydrogen-bond donors (Lipinski definition) is 2. The highest BCUT2D eigenvalue weighted by atomic mass is 16.5. The summed E-state index contributed by atoms with van der Waals surface area (Å²) in [5, 5.41) is 13.9. The Labute approximate surface area is 298 Å². The van der Waals surface area contributed by atoms with E-state index in [1.54, 1.807) is 42.9 Å². The topological polar surface area (TPSA) is 158 Å². The molecule has 2 aromatic heterocycles. The van der Waals surface area contributed by atoms with Gasteiger partial charge >= 0.3 is 0 Å². The van der Waals surface area contributed by atoms with Crippen molar-refractivity contribution in [2.75, 3.05) is 5.32 Å². The highest BCUT2D eigenvalue weighted by molar-refractivity contribution is 6.23. The molecule has 0 radical (unpaired) electrons. The summed E-state index contributed by atoms with van der Waals surface area (Å²) in [4.78, 5) is 57.1. The van der Waals surface area contributed by atoms with Crippen LogP contribution in [0.15, 0.2) is 97.5 Å². The van der Waals surface area contributed by atoms with Crippen molar-refractivity contribution < 1.29 is 28.7 Å². The summed E-state index contributed by atoms with van der Waals surface area (Å²) >= 11 is 0. The molecule has 3 aliphatic rings. The van der Waals surface area contributed by atoms with Crippen molar-refractivity contribution in [3.8, 4) is 23.1 Å². The van der Waals surface area contributed by atoms with Crippen molar-refractivity contribution >= 4 is 29.3 Å². The zero-order chi connectivity index (χ0) is 36.0. The number of hydrogen-bond acceptors (Lipinski definition) is 10. The van der Waals surface area contributed by atoms with E-state index in [1.165, 1.54) is 4.80 Å². The maximum atomic E-state index is 13.2. The number of piperidine rings is 1. The van der Waals surface area contributed by atoms with Gasteiger partial charge in [0.15, 0.2) is 5.82 Å². The highest BCUT2D eigenvalue weighted by Crippen LogP contribution is 2.36. The fraction of sp³-hybridized carbons (Fsp3) is 0.256. The Morgan fingerprint density at radius 3 is 2.08 bits per heavy atom. The Kier molecular flexibility index (Phi) is 8.25. The second-order valence-corrected chi connectivity index (χ2v) is 13.6. The van der Waals surface area contributed by atoms with Gasteiger partial charge in [-0.25, -0.2) is 4.98 Å². The van der Waals surface area contributed by atoms with E-state index in [2.05, 4.69) is 63.9 Å². The Bertz CT molecular complexity index is 2170. The molecule has 8 rings (SSSR count). The average Bonchev–Trinajstić information content (AvgIpc) is 3.77. The van der Waals surface area contributed by atoms with Gasteiger partial charge in [-0.1, -0.05) is 38.1 Å². The zero-order valence-electron chi connectivity index (χ0n) is 28.5. The fourth-order valence-electron chi connectivity index (χ4n) is 6.80. The first-order chi connectivity index (χ1) is 25.1. The molecule has 2 aliphatic heterocycles. The summed E-state index contributed by atoms with van der Waals surface area (Å²) in [6, 6.07) is 23.8. The number of benzene rings is 3. The van der Waals surface area contributed by atoms with Gasteiger partial charge in [0.25, 0.3) is 11.8 Å². The number of amides is 4. The molecule has 262 valence electrons. The maximum Gasteiger partial charge on any atom is 0.262 e. The third-order valence-corrected chi connectivity index (χ3v) is 10.0. The lowest BCUT2D eigenvalue weighted by Crippen LogP contribution is -2.54. The van der Waals surface area contributed by atoms with Gasteiger partial charge in [-0.05, 0) is 85.0 Å². The van der Waals surface area contributed by atoms with Gasteiger partial charge in [0.1, 0.15) is 29.4 Å². The normalized spacial score (nSPS) is 19.9. The monoisotopic (exact) mass is 697 g/mol. The van der Waals surface area contributed by atoms with Crippen LogP contribution < -0.4 is 20.1 Å². The largest absolute Gasteiger partial charge is 0.488 e. The molecule has 13 heteroatoms. The summed E-state index contributed by atoms with van der Waals surface area (Å²) in [5.74, 6) is 0.587. The van der Waals surface area contributed by atoms with Crippen LogP contribution in [0.1, 0.15) is 71.4 Å². The summed E-state index contributed by atoms with van der Waals surface area (Å²) in [5.41, 5.74) is 3.16. The number of imide groups is 2. The molecule has 3 atom stereocenters. The molecule has 5 aromatic rings. The predicted octanol–water partition coefficient (Wildman–Crippen LogP) is 5.20. The van der Waals surface area contributed by atoms with E-state index in [9.17, 15) is 19.2 Å².